The second-order valence-corrected chi connectivity index (χ2v) is 3.50. The fraction of sp³-hybridized carbons (Fsp3) is 0.286. The number of hydroxylamine groups is 2. The maximum absolute atomic E-state index is 9.12. The summed E-state index contributed by atoms with van der Waals surface area (Å²) in [6, 6.07) is 1.98. The van der Waals surface area contributed by atoms with E-state index in [-0.39, 0.29) is 0 Å². The van der Waals surface area contributed by atoms with Crippen molar-refractivity contribution in [1.82, 2.24) is 10.0 Å². The zero-order valence-corrected chi connectivity index (χ0v) is 7.37. The topological polar surface area (TPSA) is 36.4 Å². The number of hydrogen-bond donors (Lipinski definition) is 1. The highest BCUT2D eigenvalue weighted by molar-refractivity contribution is 9.10. The summed E-state index contributed by atoms with van der Waals surface area (Å²) >= 11 is 3.32. The number of aromatic nitrogens is 1. The van der Waals surface area contributed by atoms with E-state index in [0.717, 1.165) is 15.7 Å². The van der Waals surface area contributed by atoms with Crippen LogP contribution in [0.3, 0.4) is 0 Å². The molecule has 0 aromatic carbocycles. The smallest absolute Gasteiger partial charge is 0.0668 e. The molecule has 0 radical (unpaired) electrons. The molecule has 0 saturated heterocycles. The number of nitrogens with zero attached hydrogens (tertiary/aromatic N) is 2. The van der Waals surface area contributed by atoms with E-state index in [0.29, 0.717) is 13.1 Å². The van der Waals surface area contributed by atoms with Crippen molar-refractivity contribution < 1.29 is 5.21 Å². The average Bonchev–Trinajstić information content (AvgIpc) is 2.27. The first-order chi connectivity index (χ1) is 5.25. The van der Waals surface area contributed by atoms with Gasteiger partial charge in [-0.1, -0.05) is 0 Å². The zero-order chi connectivity index (χ0) is 7.84. The first kappa shape index (κ1) is 7.21. The molecule has 0 unspecified atom stereocenters. The Bertz CT molecular complexity index is 290. The lowest BCUT2D eigenvalue weighted by Gasteiger charge is -1.99. The summed E-state index contributed by atoms with van der Waals surface area (Å²) in [4.78, 5) is 4.16. The van der Waals surface area contributed by atoms with Crippen molar-refractivity contribution >= 4 is 15.9 Å². The average molecular weight is 215 g/mol. The van der Waals surface area contributed by atoms with E-state index in [1.54, 1.807) is 6.20 Å². The van der Waals surface area contributed by atoms with E-state index in [9.17, 15) is 0 Å². The lowest BCUT2D eigenvalue weighted by Crippen LogP contribution is -2.08. The van der Waals surface area contributed by atoms with Crippen LogP contribution in [0.2, 0.25) is 0 Å². The quantitative estimate of drug-likeness (QED) is 0.713. The van der Waals surface area contributed by atoms with E-state index >= 15 is 0 Å². The van der Waals surface area contributed by atoms with Gasteiger partial charge in [-0.25, -0.2) is 0 Å². The Morgan fingerprint density at radius 2 is 2.36 bits per heavy atom. The van der Waals surface area contributed by atoms with Gasteiger partial charge in [-0.15, -0.1) is 0 Å². The van der Waals surface area contributed by atoms with Crippen molar-refractivity contribution in [2.45, 2.75) is 13.1 Å². The van der Waals surface area contributed by atoms with Crippen LogP contribution >= 0.6 is 15.9 Å². The summed E-state index contributed by atoms with van der Waals surface area (Å²) in [5.41, 5.74) is 2.07. The van der Waals surface area contributed by atoms with Gasteiger partial charge in [-0.05, 0) is 27.6 Å². The molecule has 1 aliphatic rings. The van der Waals surface area contributed by atoms with E-state index < -0.39 is 0 Å². The van der Waals surface area contributed by atoms with Gasteiger partial charge in [-0.2, -0.15) is 5.06 Å². The predicted octanol–water partition coefficient (Wildman–Crippen LogP) is 1.55. The molecule has 0 fully saturated rings. The maximum Gasteiger partial charge on any atom is 0.0668 e. The van der Waals surface area contributed by atoms with Crippen LogP contribution in [0.15, 0.2) is 16.7 Å². The van der Waals surface area contributed by atoms with Crippen molar-refractivity contribution in [1.29, 1.82) is 0 Å². The van der Waals surface area contributed by atoms with Crippen LogP contribution in [0.5, 0.6) is 0 Å². The number of halogens is 1. The largest absolute Gasteiger partial charge is 0.313 e. The highest BCUT2D eigenvalue weighted by atomic mass is 79.9. The minimum atomic E-state index is 0.544. The molecule has 0 amide bonds. The molecule has 2 rings (SSSR count). The van der Waals surface area contributed by atoms with Gasteiger partial charge < -0.3 is 5.21 Å². The molecule has 11 heavy (non-hydrogen) atoms. The Morgan fingerprint density at radius 3 is 3.18 bits per heavy atom. The molecule has 1 aromatic heterocycles. The van der Waals surface area contributed by atoms with Crippen molar-refractivity contribution in [3.8, 4) is 0 Å². The third-order valence-electron chi connectivity index (χ3n) is 1.71. The van der Waals surface area contributed by atoms with Gasteiger partial charge in [0.05, 0.1) is 18.8 Å². The van der Waals surface area contributed by atoms with Crippen LogP contribution in [0.1, 0.15) is 11.3 Å². The molecule has 0 saturated carbocycles. The summed E-state index contributed by atoms with van der Waals surface area (Å²) < 4.78 is 0.964. The predicted molar refractivity (Wildman–Crippen MR) is 43.0 cm³/mol. The van der Waals surface area contributed by atoms with Crippen molar-refractivity contribution in [3.05, 3.63) is 28.0 Å². The van der Waals surface area contributed by atoms with Gasteiger partial charge in [0.15, 0.2) is 0 Å². The van der Waals surface area contributed by atoms with Gasteiger partial charge in [-0.3, -0.25) is 4.98 Å². The summed E-state index contributed by atoms with van der Waals surface area (Å²) in [6.07, 6.45) is 1.75. The molecule has 0 atom stereocenters. The molecule has 4 heteroatoms. The molecule has 0 bridgehead atoms. The summed E-state index contributed by atoms with van der Waals surface area (Å²) in [7, 11) is 0. The Balaban J connectivity index is 2.43. The molecule has 58 valence electrons. The third-order valence-corrected chi connectivity index (χ3v) is 2.15. The van der Waals surface area contributed by atoms with Crippen molar-refractivity contribution in [2.24, 2.45) is 0 Å². The van der Waals surface area contributed by atoms with Gasteiger partial charge in [0.2, 0.25) is 0 Å². The minimum absolute atomic E-state index is 0.544. The van der Waals surface area contributed by atoms with E-state index in [2.05, 4.69) is 20.9 Å². The number of fused-ring (bicyclic) bond motifs is 1. The molecule has 1 N–H and O–H groups in total. The molecule has 1 aliphatic heterocycles. The van der Waals surface area contributed by atoms with E-state index in [4.69, 9.17) is 5.21 Å². The fourth-order valence-electron chi connectivity index (χ4n) is 1.21. The van der Waals surface area contributed by atoms with Crippen LogP contribution in [-0.4, -0.2) is 15.3 Å². The Labute approximate surface area is 72.8 Å². The van der Waals surface area contributed by atoms with Crippen LogP contribution in [-0.2, 0) is 13.1 Å². The Hall–Kier alpha value is -0.450. The molecular weight excluding hydrogens is 208 g/mol. The monoisotopic (exact) mass is 214 g/mol. The Kier molecular flexibility index (Phi) is 1.67. The van der Waals surface area contributed by atoms with Gasteiger partial charge in [0, 0.05) is 10.7 Å². The SMILES string of the molecule is ON1Cc2cc(Br)cnc2C1. The van der Waals surface area contributed by atoms with Crippen LogP contribution in [0.25, 0.3) is 0 Å². The third kappa shape index (κ3) is 1.29. The normalized spacial score (nSPS) is 16.9. The second kappa shape index (κ2) is 2.55. The van der Waals surface area contributed by atoms with Crippen molar-refractivity contribution in [3.63, 3.8) is 0 Å². The van der Waals surface area contributed by atoms with E-state index in [1.165, 1.54) is 5.06 Å². The fourth-order valence-corrected chi connectivity index (χ4v) is 1.59. The van der Waals surface area contributed by atoms with E-state index in [1.807, 2.05) is 6.07 Å². The highest BCUT2D eigenvalue weighted by Crippen LogP contribution is 2.21. The lowest BCUT2D eigenvalue weighted by atomic mass is 10.2. The lowest BCUT2D eigenvalue weighted by molar-refractivity contribution is -0.0973. The Morgan fingerprint density at radius 1 is 1.55 bits per heavy atom. The first-order valence-corrected chi connectivity index (χ1v) is 4.12. The number of hydrogen-bond acceptors (Lipinski definition) is 3. The number of pyridine rings is 1. The maximum atomic E-state index is 9.12. The molecule has 3 nitrogen and oxygen atoms in total. The molecular formula is C7H7BrN2O. The second-order valence-electron chi connectivity index (χ2n) is 2.58. The van der Waals surface area contributed by atoms with Crippen molar-refractivity contribution in [2.75, 3.05) is 0 Å². The van der Waals surface area contributed by atoms with Crippen LogP contribution in [0.4, 0.5) is 0 Å². The zero-order valence-electron chi connectivity index (χ0n) is 5.79. The molecule has 0 spiro atoms. The van der Waals surface area contributed by atoms with Gasteiger partial charge in [0.25, 0.3) is 0 Å². The molecule has 0 aliphatic carbocycles. The number of rotatable bonds is 0. The molecule has 1 aromatic rings. The van der Waals surface area contributed by atoms with Gasteiger partial charge >= 0.3 is 0 Å². The first-order valence-electron chi connectivity index (χ1n) is 3.33. The highest BCUT2D eigenvalue weighted by Gasteiger charge is 2.17. The van der Waals surface area contributed by atoms with Gasteiger partial charge in [0.1, 0.15) is 0 Å². The molecule has 2 heterocycles. The van der Waals surface area contributed by atoms with Crippen LogP contribution < -0.4 is 0 Å². The standard InChI is InChI=1S/C7H7BrN2O/c8-6-1-5-3-10(11)4-7(5)9-2-6/h1-2,11H,3-4H2. The summed E-state index contributed by atoms with van der Waals surface area (Å²) in [5.74, 6) is 0. The minimum Gasteiger partial charge on any atom is -0.313 e. The summed E-state index contributed by atoms with van der Waals surface area (Å²) in [5, 5.41) is 10.4. The van der Waals surface area contributed by atoms with Crippen LogP contribution in [0, 0.1) is 0 Å². The summed E-state index contributed by atoms with van der Waals surface area (Å²) in [6.45, 7) is 1.13.